The fourth-order valence-corrected chi connectivity index (χ4v) is 1.74. The predicted molar refractivity (Wildman–Crippen MR) is 63.4 cm³/mol. The van der Waals surface area contributed by atoms with Gasteiger partial charge in [0.15, 0.2) is 6.33 Å². The maximum absolute atomic E-state index is 11.9. The minimum atomic E-state index is -0.899. The smallest absolute Gasteiger partial charge is 0.317 e. The van der Waals surface area contributed by atoms with Crippen molar-refractivity contribution in [1.29, 1.82) is 0 Å². The van der Waals surface area contributed by atoms with E-state index in [9.17, 15) is 9.59 Å². The Morgan fingerprint density at radius 3 is 2.89 bits per heavy atom. The molecule has 0 unspecified atom stereocenters. The van der Waals surface area contributed by atoms with E-state index in [1.807, 2.05) is 0 Å². The van der Waals surface area contributed by atoms with E-state index < -0.39 is 5.97 Å². The van der Waals surface area contributed by atoms with Crippen LogP contribution >= 0.6 is 0 Å². The largest absolute Gasteiger partial charge is 0.481 e. The monoisotopic (exact) mass is 268 g/mol. The van der Waals surface area contributed by atoms with Gasteiger partial charge in [-0.1, -0.05) is 5.16 Å². The number of carbonyl (C=O) groups is 2. The van der Waals surface area contributed by atoms with Crippen molar-refractivity contribution in [2.24, 2.45) is 0 Å². The van der Waals surface area contributed by atoms with E-state index in [0.29, 0.717) is 18.9 Å². The van der Waals surface area contributed by atoms with Gasteiger partial charge in [-0.3, -0.25) is 4.79 Å². The van der Waals surface area contributed by atoms with E-state index in [1.54, 1.807) is 4.90 Å². The molecule has 0 atom stereocenters. The Kier molecular flexibility index (Phi) is 4.32. The summed E-state index contributed by atoms with van der Waals surface area (Å²) in [5.41, 5.74) is 0. The molecule has 0 aliphatic heterocycles. The van der Waals surface area contributed by atoms with Gasteiger partial charge in [-0.05, 0) is 12.8 Å². The highest BCUT2D eigenvalue weighted by Crippen LogP contribution is 2.26. The van der Waals surface area contributed by atoms with E-state index in [4.69, 9.17) is 9.63 Å². The molecule has 1 aromatic heterocycles. The molecule has 8 heteroatoms. The number of hydrogen-bond donors (Lipinski definition) is 2. The van der Waals surface area contributed by atoms with Gasteiger partial charge in [0.25, 0.3) is 0 Å². The van der Waals surface area contributed by atoms with E-state index in [0.717, 1.165) is 12.8 Å². The van der Waals surface area contributed by atoms with Gasteiger partial charge < -0.3 is 19.8 Å². The second-order valence-corrected chi connectivity index (χ2v) is 4.39. The first-order chi connectivity index (χ1) is 9.16. The zero-order valence-corrected chi connectivity index (χ0v) is 10.4. The first-order valence-electron chi connectivity index (χ1n) is 6.18. The molecular formula is C11H16N4O4. The van der Waals surface area contributed by atoms with Crippen molar-refractivity contribution in [1.82, 2.24) is 20.4 Å². The summed E-state index contributed by atoms with van der Waals surface area (Å²) in [6.45, 7) is 0.629. The minimum absolute atomic E-state index is 0.0341. The van der Waals surface area contributed by atoms with Crippen molar-refractivity contribution in [2.45, 2.75) is 31.7 Å². The summed E-state index contributed by atoms with van der Waals surface area (Å²) in [6.07, 6.45) is 3.62. The molecule has 8 nitrogen and oxygen atoms in total. The second kappa shape index (κ2) is 6.17. The number of carboxylic acid groups (broad SMARTS) is 1. The van der Waals surface area contributed by atoms with Gasteiger partial charge in [-0.15, -0.1) is 0 Å². The van der Waals surface area contributed by atoms with Crippen LogP contribution in [0.2, 0.25) is 0 Å². The average Bonchev–Trinajstić information content (AvgIpc) is 3.06. The summed E-state index contributed by atoms with van der Waals surface area (Å²) in [4.78, 5) is 27.9. The molecule has 0 aromatic carbocycles. The molecular weight excluding hydrogens is 252 g/mol. The second-order valence-electron chi connectivity index (χ2n) is 4.39. The highest BCUT2D eigenvalue weighted by molar-refractivity contribution is 5.76. The van der Waals surface area contributed by atoms with Gasteiger partial charge in [-0.25, -0.2) is 4.79 Å². The molecule has 2 rings (SSSR count). The number of carbonyl (C=O) groups excluding carboxylic acids is 1. The normalized spacial score (nSPS) is 14.1. The molecule has 1 aliphatic carbocycles. The predicted octanol–water partition coefficient (Wildman–Crippen LogP) is 0.261. The Bertz CT molecular complexity index is 430. The molecule has 0 bridgehead atoms. The Balaban J connectivity index is 1.74. The first-order valence-corrected chi connectivity index (χ1v) is 6.18. The van der Waals surface area contributed by atoms with Crippen LogP contribution in [0, 0.1) is 0 Å². The molecule has 19 heavy (non-hydrogen) atoms. The summed E-state index contributed by atoms with van der Waals surface area (Å²) in [6, 6.07) is -0.0500. The lowest BCUT2D eigenvalue weighted by Crippen LogP contribution is -2.43. The summed E-state index contributed by atoms with van der Waals surface area (Å²) in [5, 5.41) is 14.9. The number of amides is 2. The molecule has 2 amide bonds. The number of rotatable bonds is 7. The number of urea groups is 1. The van der Waals surface area contributed by atoms with Gasteiger partial charge in [0.1, 0.15) is 0 Å². The quantitative estimate of drug-likeness (QED) is 0.734. The molecule has 1 fully saturated rings. The van der Waals surface area contributed by atoms with Crippen molar-refractivity contribution in [3.8, 4) is 0 Å². The maximum Gasteiger partial charge on any atom is 0.317 e. The van der Waals surface area contributed by atoms with E-state index >= 15 is 0 Å². The lowest BCUT2D eigenvalue weighted by atomic mass is 10.3. The van der Waals surface area contributed by atoms with Crippen LogP contribution in [0.4, 0.5) is 4.79 Å². The van der Waals surface area contributed by atoms with Gasteiger partial charge in [-0.2, -0.15) is 4.98 Å². The van der Waals surface area contributed by atoms with Crippen LogP contribution in [0.1, 0.15) is 25.2 Å². The van der Waals surface area contributed by atoms with Crippen molar-refractivity contribution in [2.75, 3.05) is 13.1 Å². The third-order valence-corrected chi connectivity index (χ3v) is 2.84. The number of hydrogen-bond acceptors (Lipinski definition) is 5. The molecule has 1 aliphatic rings. The zero-order chi connectivity index (χ0) is 13.7. The maximum atomic E-state index is 11.9. The fraction of sp³-hybridized carbons (Fsp3) is 0.636. The summed E-state index contributed by atoms with van der Waals surface area (Å²) >= 11 is 0. The Morgan fingerprint density at radius 2 is 2.32 bits per heavy atom. The van der Waals surface area contributed by atoms with Crippen LogP contribution in [0.5, 0.6) is 0 Å². The Morgan fingerprint density at radius 1 is 1.53 bits per heavy atom. The van der Waals surface area contributed by atoms with Crippen LogP contribution in [-0.2, 0) is 11.2 Å². The zero-order valence-electron chi connectivity index (χ0n) is 10.4. The first kappa shape index (κ1) is 13.3. The topological polar surface area (TPSA) is 109 Å². The van der Waals surface area contributed by atoms with Crippen molar-refractivity contribution in [3.63, 3.8) is 0 Å². The van der Waals surface area contributed by atoms with Crippen LogP contribution in [0.3, 0.4) is 0 Å². The number of aromatic nitrogens is 2. The van der Waals surface area contributed by atoms with Crippen LogP contribution in [0.25, 0.3) is 0 Å². The molecule has 2 N–H and O–H groups in total. The fourth-order valence-electron chi connectivity index (χ4n) is 1.74. The van der Waals surface area contributed by atoms with E-state index in [2.05, 4.69) is 15.5 Å². The molecule has 0 saturated heterocycles. The lowest BCUT2D eigenvalue weighted by Gasteiger charge is -2.21. The third kappa shape index (κ3) is 4.23. The van der Waals surface area contributed by atoms with Crippen LogP contribution in [0.15, 0.2) is 10.9 Å². The summed E-state index contributed by atoms with van der Waals surface area (Å²) < 4.78 is 4.81. The Labute approximate surface area is 109 Å². The third-order valence-electron chi connectivity index (χ3n) is 2.84. The van der Waals surface area contributed by atoms with Gasteiger partial charge >= 0.3 is 12.0 Å². The van der Waals surface area contributed by atoms with Crippen LogP contribution < -0.4 is 5.32 Å². The lowest BCUT2D eigenvalue weighted by molar-refractivity contribution is -0.137. The molecule has 0 radical (unpaired) electrons. The minimum Gasteiger partial charge on any atom is -0.481 e. The van der Waals surface area contributed by atoms with E-state index in [1.165, 1.54) is 6.33 Å². The van der Waals surface area contributed by atoms with E-state index in [-0.39, 0.29) is 25.0 Å². The van der Waals surface area contributed by atoms with Crippen molar-refractivity contribution >= 4 is 12.0 Å². The summed E-state index contributed by atoms with van der Waals surface area (Å²) in [7, 11) is 0. The average molecular weight is 268 g/mol. The number of nitrogens with one attached hydrogen (secondary N) is 1. The van der Waals surface area contributed by atoms with Crippen molar-refractivity contribution < 1.29 is 19.2 Å². The van der Waals surface area contributed by atoms with Gasteiger partial charge in [0.05, 0.1) is 6.42 Å². The summed E-state index contributed by atoms with van der Waals surface area (Å²) in [5.74, 6) is -0.437. The highest BCUT2D eigenvalue weighted by Gasteiger charge is 2.32. The molecule has 1 saturated carbocycles. The Hall–Kier alpha value is -2.12. The number of aliphatic carboxylic acids is 1. The van der Waals surface area contributed by atoms with Gasteiger partial charge in [0.2, 0.25) is 5.89 Å². The SMILES string of the molecule is O=C(O)CCN(C(=O)NCCc1ncno1)C1CC1. The van der Waals surface area contributed by atoms with Crippen LogP contribution in [-0.4, -0.2) is 51.3 Å². The molecule has 0 spiro atoms. The van der Waals surface area contributed by atoms with Gasteiger partial charge in [0, 0.05) is 25.6 Å². The molecule has 1 aromatic rings. The molecule has 104 valence electrons. The number of nitrogens with zero attached hydrogens (tertiary/aromatic N) is 3. The molecule has 1 heterocycles. The standard InChI is InChI=1S/C11H16N4O4/c16-10(17)4-6-15(8-1-2-8)11(18)12-5-3-9-13-7-14-19-9/h7-8H,1-6H2,(H,12,18)(H,16,17). The number of carboxylic acids is 1. The van der Waals surface area contributed by atoms with Crippen molar-refractivity contribution in [3.05, 3.63) is 12.2 Å². The highest BCUT2D eigenvalue weighted by atomic mass is 16.5.